The van der Waals surface area contributed by atoms with Gasteiger partial charge in [-0.2, -0.15) is 0 Å². The van der Waals surface area contributed by atoms with Gasteiger partial charge < -0.3 is 0 Å². The predicted octanol–water partition coefficient (Wildman–Crippen LogP) is 4.46. The number of aromatic nitrogens is 1. The molecule has 0 bridgehead atoms. The molecular weight excluding hydrogens is 332 g/mol. The molecule has 110 valence electrons. The molecule has 1 nitrogen and oxygen atoms in total. The summed E-state index contributed by atoms with van der Waals surface area (Å²) in [6, 6.07) is 22.2. The second-order valence-corrected chi connectivity index (χ2v) is 7.96. The zero-order chi connectivity index (χ0) is 15.5. The van der Waals surface area contributed by atoms with E-state index in [-0.39, 0.29) is 0 Å². The number of halogens is 2. The van der Waals surface area contributed by atoms with Crippen molar-refractivity contribution in [3.05, 3.63) is 82.5 Å². The van der Waals surface area contributed by atoms with Crippen LogP contribution < -0.4 is 16.0 Å². The molecule has 0 aliphatic rings. The topological polar surface area (TPSA) is 12.9 Å². The molecule has 0 saturated carbocycles. The van der Waals surface area contributed by atoms with Crippen molar-refractivity contribution in [1.82, 2.24) is 4.98 Å². The highest BCUT2D eigenvalue weighted by Crippen LogP contribution is 2.32. The molecule has 0 atom stereocenters. The van der Waals surface area contributed by atoms with E-state index in [1.165, 1.54) is 10.6 Å². The molecule has 1 aromatic heterocycles. The molecule has 1 heterocycles. The van der Waals surface area contributed by atoms with Crippen molar-refractivity contribution in [3.63, 3.8) is 0 Å². The fourth-order valence-electron chi connectivity index (χ4n) is 2.25. The number of pyridine rings is 1. The third kappa shape index (κ3) is 3.50. The van der Waals surface area contributed by atoms with Gasteiger partial charge in [0, 0.05) is 23.7 Å². The maximum Gasteiger partial charge on any atom is 0.0724 e. The predicted molar refractivity (Wildman–Crippen MR) is 97.7 cm³/mol. The Morgan fingerprint density at radius 2 is 1.23 bits per heavy atom. The quantitative estimate of drug-likeness (QED) is 0.639. The molecule has 0 radical (unpaired) electrons. The zero-order valence-electron chi connectivity index (χ0n) is 12.0. The molecule has 22 heavy (non-hydrogen) atoms. The maximum absolute atomic E-state index is 6.03. The van der Waals surface area contributed by atoms with Gasteiger partial charge >= 0.3 is 0 Å². The van der Waals surface area contributed by atoms with Gasteiger partial charge in [0.25, 0.3) is 0 Å². The minimum absolute atomic E-state index is 0.715. The van der Waals surface area contributed by atoms with Gasteiger partial charge in [0.1, 0.15) is 0 Å². The molecule has 0 amide bonds. The smallest absolute Gasteiger partial charge is 0.0724 e. The summed E-state index contributed by atoms with van der Waals surface area (Å²) in [7, 11) is -0.715. The van der Waals surface area contributed by atoms with Crippen LogP contribution in [-0.4, -0.2) is 4.98 Å². The van der Waals surface area contributed by atoms with E-state index >= 15 is 0 Å². The van der Waals surface area contributed by atoms with Crippen LogP contribution in [0.2, 0.25) is 10.0 Å². The molecule has 3 aromatic rings. The van der Waals surface area contributed by atoms with Crippen LogP contribution in [0.15, 0.2) is 66.7 Å². The van der Waals surface area contributed by atoms with Crippen LogP contribution in [0, 0.1) is 6.92 Å². The number of rotatable bonds is 3. The van der Waals surface area contributed by atoms with Gasteiger partial charge in [0.15, 0.2) is 0 Å². The third-order valence-corrected chi connectivity index (χ3v) is 6.11. The Labute approximate surface area is 141 Å². The first-order valence-electron chi connectivity index (χ1n) is 6.88. The summed E-state index contributed by atoms with van der Waals surface area (Å²) in [6.45, 7) is 2.01. The number of hydrogen-bond donors (Lipinski definition) is 0. The van der Waals surface area contributed by atoms with E-state index in [4.69, 9.17) is 28.2 Å². The number of benzene rings is 2. The van der Waals surface area contributed by atoms with Crippen molar-refractivity contribution >= 4 is 47.2 Å². The second-order valence-electron chi connectivity index (χ2n) is 4.93. The van der Waals surface area contributed by atoms with E-state index in [0.717, 1.165) is 21.2 Å². The molecule has 2 aromatic carbocycles. The van der Waals surface area contributed by atoms with Gasteiger partial charge in [-0.1, -0.05) is 53.5 Å². The van der Waals surface area contributed by atoms with Crippen molar-refractivity contribution < 1.29 is 0 Å². The van der Waals surface area contributed by atoms with Crippen LogP contribution in [0.25, 0.3) is 0 Å². The lowest BCUT2D eigenvalue weighted by Gasteiger charge is -2.18. The minimum Gasteiger partial charge on any atom is -0.253 e. The summed E-state index contributed by atoms with van der Waals surface area (Å²) in [5, 5.41) is 3.93. The van der Waals surface area contributed by atoms with Gasteiger partial charge in [0.05, 0.1) is 5.44 Å². The number of aryl methyl sites for hydroxylation is 1. The Balaban J connectivity index is 2.13. The molecule has 0 saturated heterocycles. The minimum atomic E-state index is -0.715. The number of hydrogen-bond acceptors (Lipinski definition) is 1. The average molecular weight is 346 g/mol. The van der Waals surface area contributed by atoms with Crippen molar-refractivity contribution in [3.8, 4) is 0 Å². The summed E-state index contributed by atoms with van der Waals surface area (Å²) in [5.74, 6) is 0. The fraction of sp³-hybridized carbons (Fsp3) is 0.0556. The van der Waals surface area contributed by atoms with E-state index in [2.05, 4.69) is 36.4 Å². The van der Waals surface area contributed by atoms with E-state index < -0.39 is 7.92 Å². The van der Waals surface area contributed by atoms with Gasteiger partial charge in [-0.05, 0) is 53.9 Å². The highest BCUT2D eigenvalue weighted by molar-refractivity contribution is 7.79. The highest BCUT2D eigenvalue weighted by atomic mass is 35.5. The first-order valence-corrected chi connectivity index (χ1v) is 8.98. The van der Waals surface area contributed by atoms with Crippen LogP contribution in [-0.2, 0) is 0 Å². The standard InChI is InChI=1S/C18H14Cl2NP/c1-13-3-2-4-18(21-13)22(16-9-5-14(19)6-10-16)17-11-7-15(20)8-12-17/h2-12H,1H3. The fourth-order valence-corrected chi connectivity index (χ4v) is 4.71. The van der Waals surface area contributed by atoms with E-state index in [0.29, 0.717) is 0 Å². The zero-order valence-corrected chi connectivity index (χ0v) is 14.4. The molecule has 0 aliphatic carbocycles. The molecule has 0 spiro atoms. The average Bonchev–Trinajstić information content (AvgIpc) is 2.51. The Morgan fingerprint density at radius 3 is 1.68 bits per heavy atom. The SMILES string of the molecule is Cc1cccc(P(c2ccc(Cl)cc2)c2ccc(Cl)cc2)n1. The van der Waals surface area contributed by atoms with Crippen molar-refractivity contribution in [1.29, 1.82) is 0 Å². The normalized spacial score (nSPS) is 10.9. The summed E-state index contributed by atoms with van der Waals surface area (Å²) in [4.78, 5) is 4.73. The highest BCUT2D eigenvalue weighted by Gasteiger charge is 2.17. The largest absolute Gasteiger partial charge is 0.253 e. The first-order chi connectivity index (χ1) is 10.6. The Hall–Kier alpha value is -1.40. The second kappa shape index (κ2) is 6.79. The monoisotopic (exact) mass is 345 g/mol. The van der Waals surface area contributed by atoms with Crippen LogP contribution in [0.3, 0.4) is 0 Å². The van der Waals surface area contributed by atoms with Crippen LogP contribution in [0.4, 0.5) is 0 Å². The lowest BCUT2D eigenvalue weighted by atomic mass is 10.4. The van der Waals surface area contributed by atoms with Crippen molar-refractivity contribution in [2.45, 2.75) is 6.92 Å². The van der Waals surface area contributed by atoms with Crippen molar-refractivity contribution in [2.24, 2.45) is 0 Å². The van der Waals surface area contributed by atoms with Gasteiger partial charge in [-0.3, -0.25) is 4.98 Å². The van der Waals surface area contributed by atoms with E-state index in [9.17, 15) is 0 Å². The Kier molecular flexibility index (Phi) is 4.78. The van der Waals surface area contributed by atoms with Gasteiger partial charge in [0.2, 0.25) is 0 Å². The Bertz CT molecular complexity index is 724. The van der Waals surface area contributed by atoms with E-state index in [1.54, 1.807) is 0 Å². The molecule has 0 aliphatic heterocycles. The van der Waals surface area contributed by atoms with Crippen LogP contribution in [0.1, 0.15) is 5.69 Å². The molecule has 4 heteroatoms. The Morgan fingerprint density at radius 1 is 0.727 bits per heavy atom. The first kappa shape index (κ1) is 15.5. The lowest BCUT2D eigenvalue weighted by molar-refractivity contribution is 1.24. The molecule has 3 rings (SSSR count). The van der Waals surface area contributed by atoms with Gasteiger partial charge in [-0.25, -0.2) is 0 Å². The summed E-state index contributed by atoms with van der Waals surface area (Å²) < 4.78 is 0. The summed E-state index contributed by atoms with van der Waals surface area (Å²) in [6.07, 6.45) is 0. The van der Waals surface area contributed by atoms with Gasteiger partial charge in [-0.15, -0.1) is 0 Å². The van der Waals surface area contributed by atoms with Crippen molar-refractivity contribution in [2.75, 3.05) is 0 Å². The van der Waals surface area contributed by atoms with Crippen LogP contribution in [0.5, 0.6) is 0 Å². The van der Waals surface area contributed by atoms with Crippen LogP contribution >= 0.6 is 31.1 Å². The molecule has 0 fully saturated rings. The molecular formula is C18H14Cl2NP. The summed E-state index contributed by atoms with van der Waals surface area (Å²) in [5.41, 5.74) is 2.10. The molecule has 0 N–H and O–H groups in total. The molecule has 0 unspecified atom stereocenters. The van der Waals surface area contributed by atoms with E-state index in [1.807, 2.05) is 37.3 Å². The number of nitrogens with zero attached hydrogens (tertiary/aromatic N) is 1. The lowest BCUT2D eigenvalue weighted by Crippen LogP contribution is -2.23. The maximum atomic E-state index is 6.03. The summed E-state index contributed by atoms with van der Waals surface area (Å²) >= 11 is 12.1. The third-order valence-electron chi connectivity index (χ3n) is 3.27.